The number of likely N-dealkylation sites (N-methyl/N-ethyl adjacent to an activating group) is 1. The van der Waals surface area contributed by atoms with E-state index in [-0.39, 0.29) is 36.8 Å². The lowest BCUT2D eigenvalue weighted by atomic mass is 10.0. The minimum Gasteiger partial charge on any atom is -0.350 e. The Morgan fingerprint density at radius 2 is 1.79 bits per heavy atom. The highest BCUT2D eigenvalue weighted by atomic mass is 35.5. The van der Waals surface area contributed by atoms with Gasteiger partial charge >= 0.3 is 0 Å². The molecule has 0 fully saturated rings. The van der Waals surface area contributed by atoms with Crippen molar-refractivity contribution in [1.82, 2.24) is 15.6 Å². The summed E-state index contributed by atoms with van der Waals surface area (Å²) < 4.78 is 0. The van der Waals surface area contributed by atoms with Crippen LogP contribution in [-0.2, 0) is 0 Å². The third-order valence-electron chi connectivity index (χ3n) is 3.51. The molecule has 0 aliphatic rings. The molecular weight excluding hydrogens is 345 g/mol. The Hall–Kier alpha value is -1.62. The third kappa shape index (κ3) is 6.48. The van der Waals surface area contributed by atoms with Crippen molar-refractivity contribution in [2.45, 2.75) is 26.8 Å². The van der Waals surface area contributed by atoms with Crippen LogP contribution in [0.5, 0.6) is 0 Å². The van der Waals surface area contributed by atoms with Crippen LogP contribution in [0.3, 0.4) is 0 Å². The highest BCUT2D eigenvalue weighted by Crippen LogP contribution is 2.19. The molecule has 0 unspecified atom stereocenters. The number of aromatic nitrogens is 1. The van der Waals surface area contributed by atoms with Gasteiger partial charge in [0.25, 0.3) is 5.91 Å². The van der Waals surface area contributed by atoms with Crippen molar-refractivity contribution < 1.29 is 4.79 Å². The Morgan fingerprint density at radius 1 is 1.12 bits per heavy atom. The number of pyridine rings is 1. The number of rotatable bonds is 6. The van der Waals surface area contributed by atoms with Crippen molar-refractivity contribution in [2.24, 2.45) is 0 Å². The fourth-order valence-corrected chi connectivity index (χ4v) is 2.24. The van der Waals surface area contributed by atoms with E-state index >= 15 is 0 Å². The predicted octanol–water partition coefficient (Wildman–Crippen LogP) is 3.63. The first kappa shape index (κ1) is 22.4. The molecule has 0 saturated heterocycles. The number of carbonyl (C=O) groups excluding carboxylic acids is 1. The topological polar surface area (TPSA) is 54.0 Å². The van der Waals surface area contributed by atoms with Crippen LogP contribution < -0.4 is 10.6 Å². The molecule has 0 spiro atoms. The minimum atomic E-state index is -0.0915. The van der Waals surface area contributed by atoms with Crippen LogP contribution in [0.4, 0.5) is 0 Å². The van der Waals surface area contributed by atoms with E-state index in [0.717, 1.165) is 17.7 Å². The summed E-state index contributed by atoms with van der Waals surface area (Å²) in [5, 5.41) is 6.19. The van der Waals surface area contributed by atoms with Gasteiger partial charge in [-0.15, -0.1) is 24.8 Å². The number of carbonyl (C=O) groups is 1. The number of nitrogens with one attached hydrogen (secondary N) is 2. The van der Waals surface area contributed by atoms with E-state index in [1.807, 2.05) is 32.0 Å². The molecule has 4 nitrogen and oxygen atoms in total. The lowest BCUT2D eigenvalue weighted by Crippen LogP contribution is -2.38. The van der Waals surface area contributed by atoms with Crippen molar-refractivity contribution in [3.8, 4) is 11.1 Å². The van der Waals surface area contributed by atoms with Gasteiger partial charge in [-0.25, -0.2) is 0 Å². The summed E-state index contributed by atoms with van der Waals surface area (Å²) in [7, 11) is 0. The first-order chi connectivity index (χ1) is 10.6. The Balaban J connectivity index is 0.00000264. The Labute approximate surface area is 156 Å². The quantitative estimate of drug-likeness (QED) is 0.817. The molecule has 132 valence electrons. The second-order valence-corrected chi connectivity index (χ2v) is 5.50. The fourth-order valence-electron chi connectivity index (χ4n) is 2.24. The van der Waals surface area contributed by atoms with E-state index in [4.69, 9.17) is 0 Å². The summed E-state index contributed by atoms with van der Waals surface area (Å²) in [5.74, 6) is -0.0915. The standard InChI is InChI=1S/C18H23N3O.2ClH/c1-4-20-14(3)10-21-18(22)17-9-16(11-19-12-17)15-7-5-13(2)6-8-15;;/h5-9,11-12,14,20H,4,10H2,1-3H3,(H,21,22);2*1H/t14-;;/m1../s1. The van der Waals surface area contributed by atoms with E-state index in [2.05, 4.69) is 34.7 Å². The molecule has 0 aliphatic heterocycles. The predicted molar refractivity (Wildman–Crippen MR) is 104 cm³/mol. The van der Waals surface area contributed by atoms with Crippen LogP contribution in [0.25, 0.3) is 11.1 Å². The summed E-state index contributed by atoms with van der Waals surface area (Å²) in [6.45, 7) is 7.64. The maximum Gasteiger partial charge on any atom is 0.252 e. The van der Waals surface area contributed by atoms with Crippen LogP contribution in [0.1, 0.15) is 29.8 Å². The summed E-state index contributed by atoms with van der Waals surface area (Å²) in [6.07, 6.45) is 3.38. The summed E-state index contributed by atoms with van der Waals surface area (Å²) in [6, 6.07) is 10.3. The van der Waals surface area contributed by atoms with E-state index < -0.39 is 0 Å². The largest absolute Gasteiger partial charge is 0.350 e. The molecule has 0 aliphatic carbocycles. The Bertz CT molecular complexity index is 632. The molecule has 24 heavy (non-hydrogen) atoms. The molecule has 0 radical (unpaired) electrons. The average Bonchev–Trinajstić information content (AvgIpc) is 2.54. The highest BCUT2D eigenvalue weighted by Gasteiger charge is 2.09. The van der Waals surface area contributed by atoms with Crippen molar-refractivity contribution in [3.05, 3.63) is 53.9 Å². The molecule has 1 amide bonds. The number of amides is 1. The Kier molecular flexibility index (Phi) is 10.3. The van der Waals surface area contributed by atoms with Gasteiger partial charge in [0.15, 0.2) is 0 Å². The number of benzene rings is 1. The molecule has 1 aromatic heterocycles. The van der Waals surface area contributed by atoms with Gasteiger partial charge in [0.1, 0.15) is 0 Å². The molecular formula is C18H25Cl2N3O. The van der Waals surface area contributed by atoms with Gasteiger partial charge in [0, 0.05) is 30.5 Å². The van der Waals surface area contributed by atoms with Crippen molar-refractivity contribution >= 4 is 30.7 Å². The fraction of sp³-hybridized carbons (Fsp3) is 0.333. The first-order valence-corrected chi connectivity index (χ1v) is 7.64. The number of nitrogens with zero attached hydrogens (tertiary/aromatic N) is 1. The zero-order valence-corrected chi connectivity index (χ0v) is 15.8. The lowest BCUT2D eigenvalue weighted by Gasteiger charge is -2.13. The zero-order valence-electron chi connectivity index (χ0n) is 14.2. The summed E-state index contributed by atoms with van der Waals surface area (Å²) in [4.78, 5) is 16.4. The van der Waals surface area contributed by atoms with E-state index in [1.54, 1.807) is 12.4 Å². The van der Waals surface area contributed by atoms with Gasteiger partial charge in [-0.1, -0.05) is 36.8 Å². The maximum absolute atomic E-state index is 12.2. The van der Waals surface area contributed by atoms with Crippen molar-refractivity contribution in [1.29, 1.82) is 0 Å². The van der Waals surface area contributed by atoms with Gasteiger partial charge < -0.3 is 10.6 Å². The summed E-state index contributed by atoms with van der Waals surface area (Å²) in [5.41, 5.74) is 3.81. The average molecular weight is 370 g/mol. The maximum atomic E-state index is 12.2. The Morgan fingerprint density at radius 3 is 2.42 bits per heavy atom. The number of hydrogen-bond donors (Lipinski definition) is 2. The van der Waals surface area contributed by atoms with E-state index in [1.165, 1.54) is 5.56 Å². The monoisotopic (exact) mass is 369 g/mol. The van der Waals surface area contributed by atoms with Gasteiger partial charge in [0.05, 0.1) is 5.56 Å². The van der Waals surface area contributed by atoms with Crippen LogP contribution in [0, 0.1) is 6.92 Å². The molecule has 2 aromatic rings. The van der Waals surface area contributed by atoms with Gasteiger partial charge in [-0.2, -0.15) is 0 Å². The molecule has 0 bridgehead atoms. The number of halogens is 2. The summed E-state index contributed by atoms with van der Waals surface area (Å²) >= 11 is 0. The number of hydrogen-bond acceptors (Lipinski definition) is 3. The molecule has 2 rings (SSSR count). The van der Waals surface area contributed by atoms with Crippen molar-refractivity contribution in [3.63, 3.8) is 0 Å². The van der Waals surface area contributed by atoms with E-state index in [0.29, 0.717) is 12.1 Å². The zero-order chi connectivity index (χ0) is 15.9. The molecule has 1 heterocycles. The van der Waals surface area contributed by atoms with Crippen LogP contribution in [0.15, 0.2) is 42.7 Å². The molecule has 1 atom stereocenters. The van der Waals surface area contributed by atoms with Gasteiger partial charge in [-0.05, 0) is 32.0 Å². The van der Waals surface area contributed by atoms with Crippen LogP contribution >= 0.6 is 24.8 Å². The highest BCUT2D eigenvalue weighted by molar-refractivity contribution is 5.95. The smallest absolute Gasteiger partial charge is 0.252 e. The second-order valence-electron chi connectivity index (χ2n) is 5.50. The SMILES string of the molecule is CCN[C@H](C)CNC(=O)c1cncc(-c2ccc(C)cc2)c1.Cl.Cl. The molecule has 0 saturated carbocycles. The van der Waals surface area contributed by atoms with Crippen LogP contribution in [-0.4, -0.2) is 30.0 Å². The molecule has 1 aromatic carbocycles. The number of aryl methyl sites for hydroxylation is 1. The van der Waals surface area contributed by atoms with Crippen molar-refractivity contribution in [2.75, 3.05) is 13.1 Å². The second kappa shape index (κ2) is 11.0. The third-order valence-corrected chi connectivity index (χ3v) is 3.51. The first-order valence-electron chi connectivity index (χ1n) is 7.64. The molecule has 6 heteroatoms. The van der Waals surface area contributed by atoms with Crippen LogP contribution in [0.2, 0.25) is 0 Å². The normalized spacial score (nSPS) is 11.0. The van der Waals surface area contributed by atoms with E-state index in [9.17, 15) is 4.79 Å². The van der Waals surface area contributed by atoms with Gasteiger partial charge in [-0.3, -0.25) is 9.78 Å². The minimum absolute atomic E-state index is 0. The molecule has 2 N–H and O–H groups in total. The lowest BCUT2D eigenvalue weighted by molar-refractivity contribution is 0.0950. The van der Waals surface area contributed by atoms with Gasteiger partial charge in [0.2, 0.25) is 0 Å².